The van der Waals surface area contributed by atoms with Crippen LogP contribution in [0.25, 0.3) is 0 Å². The van der Waals surface area contributed by atoms with Crippen molar-refractivity contribution in [2.75, 3.05) is 49.1 Å². The molecule has 0 atom stereocenters. The highest BCUT2D eigenvalue weighted by atomic mass is 15.3. The summed E-state index contributed by atoms with van der Waals surface area (Å²) in [5, 5.41) is 13.3. The van der Waals surface area contributed by atoms with E-state index in [1.165, 1.54) is 11.3 Å². The molecular weight excluding hydrogens is 364 g/mol. The van der Waals surface area contributed by atoms with Crippen LogP contribution in [0.3, 0.4) is 0 Å². The summed E-state index contributed by atoms with van der Waals surface area (Å²) in [5.41, 5.74) is 2.55. The van der Waals surface area contributed by atoms with Gasteiger partial charge < -0.3 is 9.80 Å². The molecule has 0 aliphatic carbocycles. The topological polar surface area (TPSA) is 77.1 Å². The summed E-state index contributed by atoms with van der Waals surface area (Å²) in [6.45, 7) is 8.92. The van der Waals surface area contributed by atoms with Crippen molar-refractivity contribution >= 4 is 11.6 Å². The molecule has 0 unspecified atom stereocenters. The lowest BCUT2D eigenvalue weighted by atomic mass is 9.94. The molecule has 8 heteroatoms. The van der Waals surface area contributed by atoms with Crippen molar-refractivity contribution < 1.29 is 0 Å². The van der Waals surface area contributed by atoms with Gasteiger partial charge in [-0.2, -0.15) is 10.4 Å². The summed E-state index contributed by atoms with van der Waals surface area (Å²) in [6, 6.07) is 2.32. The molecule has 4 heterocycles. The number of piperazine rings is 1. The number of aromatic nitrogens is 4. The lowest BCUT2D eigenvalue weighted by molar-refractivity contribution is 0.248. The molecule has 2 aliphatic rings. The molecule has 2 saturated heterocycles. The van der Waals surface area contributed by atoms with Crippen molar-refractivity contribution in [3.8, 4) is 6.07 Å². The number of nitrogens with zero attached hydrogens (tertiary/aromatic N) is 8. The number of piperidine rings is 1. The highest BCUT2D eigenvalue weighted by molar-refractivity contribution is 5.62. The Labute approximate surface area is 172 Å². The summed E-state index contributed by atoms with van der Waals surface area (Å²) in [7, 11) is 2.00. The van der Waals surface area contributed by atoms with E-state index in [4.69, 9.17) is 10.2 Å². The average molecular weight is 395 g/mol. The Morgan fingerprint density at radius 3 is 2.17 bits per heavy atom. The van der Waals surface area contributed by atoms with E-state index in [1.54, 1.807) is 12.4 Å². The Morgan fingerprint density at radius 2 is 1.62 bits per heavy atom. The highest BCUT2D eigenvalue weighted by Crippen LogP contribution is 2.30. The predicted octanol–water partition coefficient (Wildman–Crippen LogP) is 1.97. The minimum absolute atomic E-state index is 0.524. The number of aryl methyl sites for hydroxylation is 1. The van der Waals surface area contributed by atoms with Crippen LogP contribution < -0.4 is 9.80 Å². The monoisotopic (exact) mass is 394 g/mol. The van der Waals surface area contributed by atoms with Crippen LogP contribution in [-0.4, -0.2) is 63.9 Å². The van der Waals surface area contributed by atoms with Crippen LogP contribution in [0.1, 0.15) is 30.5 Å². The normalized spacial score (nSPS) is 18.8. The smallest absolute Gasteiger partial charge is 0.172 e. The summed E-state index contributed by atoms with van der Waals surface area (Å²) in [6.07, 6.45) is 8.36. The summed E-state index contributed by atoms with van der Waals surface area (Å²) in [4.78, 5) is 16.6. The van der Waals surface area contributed by atoms with Crippen LogP contribution in [0.15, 0.2) is 18.6 Å². The molecule has 2 aromatic rings. The Kier molecular flexibility index (Phi) is 5.95. The van der Waals surface area contributed by atoms with Gasteiger partial charge in [-0.3, -0.25) is 9.58 Å². The molecule has 2 aliphatic heterocycles. The van der Waals surface area contributed by atoms with Crippen LogP contribution in [0, 0.1) is 24.2 Å². The lowest BCUT2D eigenvalue weighted by Crippen LogP contribution is -2.47. The van der Waals surface area contributed by atoms with Gasteiger partial charge in [-0.05, 0) is 25.7 Å². The first-order valence-corrected chi connectivity index (χ1v) is 10.5. The number of hydrogen-bond donors (Lipinski definition) is 0. The van der Waals surface area contributed by atoms with Crippen LogP contribution in [0.2, 0.25) is 0 Å². The van der Waals surface area contributed by atoms with Gasteiger partial charge >= 0.3 is 0 Å². The van der Waals surface area contributed by atoms with E-state index in [-0.39, 0.29) is 0 Å². The van der Waals surface area contributed by atoms with Gasteiger partial charge in [0.1, 0.15) is 0 Å². The second-order valence-electron chi connectivity index (χ2n) is 8.14. The van der Waals surface area contributed by atoms with Crippen LogP contribution in [0.4, 0.5) is 11.6 Å². The lowest BCUT2D eigenvalue weighted by Gasteiger charge is -2.38. The van der Waals surface area contributed by atoms with Gasteiger partial charge in [-0.1, -0.05) is 0 Å². The molecule has 8 nitrogen and oxygen atoms in total. The third kappa shape index (κ3) is 4.35. The van der Waals surface area contributed by atoms with Crippen LogP contribution in [-0.2, 0) is 13.6 Å². The molecule has 0 radical (unpaired) electrons. The van der Waals surface area contributed by atoms with E-state index in [2.05, 4.69) is 37.8 Å². The van der Waals surface area contributed by atoms with Gasteiger partial charge in [0.2, 0.25) is 0 Å². The number of nitriles is 1. The molecule has 29 heavy (non-hydrogen) atoms. The zero-order valence-electron chi connectivity index (χ0n) is 17.5. The minimum atomic E-state index is 0.524. The Bertz CT molecular complexity index is 854. The van der Waals surface area contributed by atoms with E-state index in [9.17, 15) is 0 Å². The fourth-order valence-corrected chi connectivity index (χ4v) is 4.31. The Morgan fingerprint density at radius 1 is 1.00 bits per heavy atom. The third-order valence-corrected chi connectivity index (χ3v) is 6.36. The first-order valence-electron chi connectivity index (χ1n) is 10.5. The second-order valence-corrected chi connectivity index (χ2v) is 8.14. The predicted molar refractivity (Wildman–Crippen MR) is 113 cm³/mol. The maximum atomic E-state index is 8.95. The first kappa shape index (κ1) is 19.6. The van der Waals surface area contributed by atoms with E-state index in [1.807, 2.05) is 17.9 Å². The molecule has 2 fully saturated rings. The van der Waals surface area contributed by atoms with Gasteiger partial charge in [0.05, 0.1) is 12.3 Å². The van der Waals surface area contributed by atoms with Crippen LogP contribution >= 0.6 is 0 Å². The minimum Gasteiger partial charge on any atom is -0.354 e. The van der Waals surface area contributed by atoms with Gasteiger partial charge in [0, 0.05) is 82.9 Å². The zero-order valence-corrected chi connectivity index (χ0v) is 17.5. The summed E-state index contributed by atoms with van der Waals surface area (Å²) in [5.74, 6) is 2.53. The molecule has 0 N–H and O–H groups in total. The van der Waals surface area contributed by atoms with Gasteiger partial charge in [0.25, 0.3) is 0 Å². The van der Waals surface area contributed by atoms with Gasteiger partial charge in [-0.15, -0.1) is 0 Å². The molecular formula is C21H30N8. The largest absolute Gasteiger partial charge is 0.354 e. The second kappa shape index (κ2) is 8.78. The SMILES string of the molecule is Cc1c(CN2CCN(c3nccnc3N3CCC(CC#N)CC3)CC2)cnn1C. The third-order valence-electron chi connectivity index (χ3n) is 6.36. The molecule has 0 saturated carbocycles. The molecule has 4 rings (SSSR count). The quantitative estimate of drug-likeness (QED) is 0.767. The number of hydrogen-bond acceptors (Lipinski definition) is 7. The number of rotatable bonds is 5. The Hall–Kier alpha value is -2.66. The summed E-state index contributed by atoms with van der Waals surface area (Å²) < 4.78 is 1.94. The molecule has 154 valence electrons. The zero-order chi connectivity index (χ0) is 20.2. The van der Waals surface area contributed by atoms with Gasteiger partial charge in [0.15, 0.2) is 11.6 Å². The van der Waals surface area contributed by atoms with Crippen molar-refractivity contribution in [2.24, 2.45) is 13.0 Å². The molecule has 0 bridgehead atoms. The molecule has 0 amide bonds. The van der Waals surface area contributed by atoms with Crippen LogP contribution in [0.5, 0.6) is 0 Å². The van der Waals surface area contributed by atoms with Crippen molar-refractivity contribution in [3.05, 3.63) is 29.8 Å². The maximum absolute atomic E-state index is 8.95. The number of anilines is 2. The standard InChI is InChI=1S/C21H30N8/c1-17-19(15-25-26(17)2)16-27-11-13-29(14-12-27)21-20(23-7-8-24-21)28-9-4-18(3-6-22)5-10-28/h7-8,15,18H,3-5,9-14,16H2,1-2H3. The van der Waals surface area contributed by atoms with E-state index in [0.717, 1.165) is 70.3 Å². The van der Waals surface area contributed by atoms with Crippen molar-refractivity contribution in [1.82, 2.24) is 24.6 Å². The molecule has 2 aromatic heterocycles. The average Bonchev–Trinajstić information content (AvgIpc) is 3.07. The van der Waals surface area contributed by atoms with Crippen molar-refractivity contribution in [3.63, 3.8) is 0 Å². The van der Waals surface area contributed by atoms with Crippen molar-refractivity contribution in [1.29, 1.82) is 5.26 Å². The van der Waals surface area contributed by atoms with Gasteiger partial charge in [-0.25, -0.2) is 9.97 Å². The summed E-state index contributed by atoms with van der Waals surface area (Å²) >= 11 is 0. The fourth-order valence-electron chi connectivity index (χ4n) is 4.31. The maximum Gasteiger partial charge on any atom is 0.172 e. The van der Waals surface area contributed by atoms with Crippen molar-refractivity contribution in [2.45, 2.75) is 32.7 Å². The van der Waals surface area contributed by atoms with E-state index >= 15 is 0 Å². The first-order chi connectivity index (χ1) is 14.2. The highest BCUT2D eigenvalue weighted by Gasteiger charge is 2.26. The Balaban J connectivity index is 1.38. The van der Waals surface area contributed by atoms with E-state index < -0.39 is 0 Å². The molecule has 0 aromatic carbocycles. The molecule has 0 spiro atoms. The fraction of sp³-hybridized carbons (Fsp3) is 0.619. The van der Waals surface area contributed by atoms with E-state index in [0.29, 0.717) is 12.3 Å².